The molecule has 0 aliphatic heterocycles. The maximum Gasteiger partial charge on any atom is 0.233 e. The van der Waals surface area contributed by atoms with E-state index in [1.807, 2.05) is 23.9 Å². The van der Waals surface area contributed by atoms with E-state index in [0.29, 0.717) is 18.3 Å². The van der Waals surface area contributed by atoms with Gasteiger partial charge in [-0.1, -0.05) is 55.3 Å². The molecule has 0 atom stereocenters. The summed E-state index contributed by atoms with van der Waals surface area (Å²) in [5.41, 5.74) is 2.38. The highest BCUT2D eigenvalue weighted by atomic mass is 32.2. The van der Waals surface area contributed by atoms with Crippen molar-refractivity contribution in [1.29, 1.82) is 0 Å². The first-order chi connectivity index (χ1) is 12.1. The Labute approximate surface area is 153 Å². The molecular formula is C18H25N5OS. The van der Waals surface area contributed by atoms with E-state index in [-0.39, 0.29) is 5.91 Å². The fraction of sp³-hybridized carbons (Fsp3) is 0.556. The van der Waals surface area contributed by atoms with E-state index in [2.05, 4.69) is 34.6 Å². The summed E-state index contributed by atoms with van der Waals surface area (Å²) in [6.45, 7) is 2.69. The molecule has 0 N–H and O–H groups in total. The van der Waals surface area contributed by atoms with Gasteiger partial charge in [0.2, 0.25) is 11.1 Å². The Kier molecular flexibility index (Phi) is 6.07. The van der Waals surface area contributed by atoms with Crippen molar-refractivity contribution in [1.82, 2.24) is 25.1 Å². The number of amides is 1. The molecule has 1 amide bonds. The molecule has 1 aromatic carbocycles. The Morgan fingerprint density at radius 3 is 2.80 bits per heavy atom. The summed E-state index contributed by atoms with van der Waals surface area (Å²) in [5.74, 6) is 0.446. The average molecular weight is 359 g/mol. The van der Waals surface area contributed by atoms with Gasteiger partial charge in [0.15, 0.2) is 0 Å². The predicted octanol–water partition coefficient (Wildman–Crippen LogP) is 3.24. The molecule has 2 aromatic rings. The minimum absolute atomic E-state index is 0.0893. The lowest BCUT2D eigenvalue weighted by molar-refractivity contribution is -0.127. The summed E-state index contributed by atoms with van der Waals surface area (Å²) in [4.78, 5) is 14.2. The normalized spacial score (nSPS) is 15.3. The first-order valence-corrected chi connectivity index (χ1v) is 9.83. The maximum atomic E-state index is 12.5. The van der Waals surface area contributed by atoms with Gasteiger partial charge in [-0.3, -0.25) is 4.79 Å². The van der Waals surface area contributed by atoms with Crippen LogP contribution in [0.1, 0.15) is 49.3 Å². The molecule has 1 aliphatic rings. The zero-order chi connectivity index (χ0) is 17.6. The van der Waals surface area contributed by atoms with Crippen LogP contribution in [0.2, 0.25) is 0 Å². The second kappa shape index (κ2) is 8.47. The lowest BCUT2D eigenvalue weighted by Gasteiger charge is -2.22. The minimum atomic E-state index is 0.0893. The predicted molar refractivity (Wildman–Crippen MR) is 98.3 cm³/mol. The minimum Gasteiger partial charge on any atom is -0.341 e. The van der Waals surface area contributed by atoms with Gasteiger partial charge < -0.3 is 4.90 Å². The summed E-state index contributed by atoms with van der Waals surface area (Å²) in [6.07, 6.45) is 6.00. The SMILES string of the molecule is Cc1ccccc1CN(C)C(=O)CSc1nnnn1C1CCCCC1. The summed E-state index contributed by atoms with van der Waals surface area (Å²) >= 11 is 1.43. The van der Waals surface area contributed by atoms with Gasteiger partial charge in [-0.15, -0.1) is 5.10 Å². The Morgan fingerprint density at radius 1 is 1.28 bits per heavy atom. The van der Waals surface area contributed by atoms with Gasteiger partial charge in [0.1, 0.15) is 0 Å². The largest absolute Gasteiger partial charge is 0.341 e. The van der Waals surface area contributed by atoms with Crippen LogP contribution in [0.3, 0.4) is 0 Å². The van der Waals surface area contributed by atoms with Crippen LogP contribution >= 0.6 is 11.8 Å². The smallest absolute Gasteiger partial charge is 0.233 e. The number of hydrogen-bond donors (Lipinski definition) is 0. The van der Waals surface area contributed by atoms with Crippen molar-refractivity contribution in [2.24, 2.45) is 0 Å². The molecule has 1 saturated carbocycles. The van der Waals surface area contributed by atoms with Gasteiger partial charge in [-0.05, 0) is 41.3 Å². The number of carbonyl (C=O) groups excluding carboxylic acids is 1. The number of hydrogen-bond acceptors (Lipinski definition) is 5. The van der Waals surface area contributed by atoms with E-state index >= 15 is 0 Å². The molecule has 1 aromatic heterocycles. The van der Waals surface area contributed by atoms with E-state index in [9.17, 15) is 4.79 Å². The van der Waals surface area contributed by atoms with Crippen LogP contribution in [-0.4, -0.2) is 43.8 Å². The average Bonchev–Trinajstić information content (AvgIpc) is 3.11. The molecular weight excluding hydrogens is 334 g/mol. The highest BCUT2D eigenvalue weighted by Gasteiger charge is 2.21. The summed E-state index contributed by atoms with van der Waals surface area (Å²) in [6, 6.07) is 8.54. The molecule has 0 spiro atoms. The van der Waals surface area contributed by atoms with E-state index in [4.69, 9.17) is 0 Å². The van der Waals surface area contributed by atoms with Crippen LogP contribution in [0, 0.1) is 6.92 Å². The van der Waals surface area contributed by atoms with Crippen molar-refractivity contribution in [3.63, 3.8) is 0 Å². The zero-order valence-electron chi connectivity index (χ0n) is 14.9. The van der Waals surface area contributed by atoms with E-state index in [1.165, 1.54) is 42.2 Å². The first-order valence-electron chi connectivity index (χ1n) is 8.84. The molecule has 0 saturated heterocycles. The van der Waals surface area contributed by atoms with Gasteiger partial charge in [-0.25, -0.2) is 4.68 Å². The first kappa shape index (κ1) is 17.9. The monoisotopic (exact) mass is 359 g/mol. The molecule has 0 radical (unpaired) electrons. The van der Waals surface area contributed by atoms with Crippen LogP contribution in [-0.2, 0) is 11.3 Å². The third-order valence-corrected chi connectivity index (χ3v) is 5.72. The molecule has 0 unspecified atom stereocenters. The van der Waals surface area contributed by atoms with Gasteiger partial charge in [-0.2, -0.15) is 0 Å². The number of tetrazole rings is 1. The third-order valence-electron chi connectivity index (χ3n) is 4.80. The number of nitrogens with zero attached hydrogens (tertiary/aromatic N) is 5. The highest BCUT2D eigenvalue weighted by molar-refractivity contribution is 7.99. The van der Waals surface area contributed by atoms with Crippen molar-refractivity contribution >= 4 is 17.7 Å². The zero-order valence-corrected chi connectivity index (χ0v) is 15.7. The standard InChI is InChI=1S/C18H25N5OS/c1-14-8-6-7-9-15(14)12-22(2)17(24)13-25-18-19-20-21-23(18)16-10-4-3-5-11-16/h6-9,16H,3-5,10-13H2,1-2H3. The fourth-order valence-electron chi connectivity index (χ4n) is 3.20. The van der Waals surface area contributed by atoms with Crippen molar-refractivity contribution in [2.45, 2.75) is 56.8 Å². The Balaban J connectivity index is 1.55. The number of rotatable bonds is 6. The van der Waals surface area contributed by atoms with Crippen molar-refractivity contribution in [3.05, 3.63) is 35.4 Å². The molecule has 0 bridgehead atoms. The number of carbonyl (C=O) groups is 1. The molecule has 6 nitrogen and oxygen atoms in total. The third kappa shape index (κ3) is 4.60. The van der Waals surface area contributed by atoms with Crippen LogP contribution < -0.4 is 0 Å². The summed E-state index contributed by atoms with van der Waals surface area (Å²) < 4.78 is 1.92. The molecule has 3 rings (SSSR count). The molecule has 25 heavy (non-hydrogen) atoms. The second-order valence-corrected chi connectivity index (χ2v) is 7.61. The molecule has 7 heteroatoms. The van der Waals surface area contributed by atoms with Crippen molar-refractivity contribution in [3.8, 4) is 0 Å². The number of thioether (sulfide) groups is 1. The van der Waals surface area contributed by atoms with E-state index in [0.717, 1.165) is 18.0 Å². The highest BCUT2D eigenvalue weighted by Crippen LogP contribution is 2.30. The number of benzene rings is 1. The Morgan fingerprint density at radius 2 is 2.04 bits per heavy atom. The van der Waals surface area contributed by atoms with Gasteiger partial charge in [0, 0.05) is 13.6 Å². The van der Waals surface area contributed by atoms with Crippen LogP contribution in [0.5, 0.6) is 0 Å². The number of aromatic nitrogens is 4. The molecule has 1 aliphatic carbocycles. The lowest BCUT2D eigenvalue weighted by atomic mass is 9.96. The van der Waals surface area contributed by atoms with Gasteiger partial charge >= 0.3 is 0 Å². The van der Waals surface area contributed by atoms with Crippen LogP contribution in [0.25, 0.3) is 0 Å². The Bertz CT molecular complexity index is 711. The maximum absolute atomic E-state index is 12.5. The quantitative estimate of drug-likeness (QED) is 0.741. The Hall–Kier alpha value is -1.89. The van der Waals surface area contributed by atoms with E-state index in [1.54, 1.807) is 4.90 Å². The summed E-state index contributed by atoms with van der Waals surface area (Å²) in [5, 5.41) is 12.8. The van der Waals surface area contributed by atoms with Crippen LogP contribution in [0.4, 0.5) is 0 Å². The fourth-order valence-corrected chi connectivity index (χ4v) is 4.09. The molecule has 134 valence electrons. The van der Waals surface area contributed by atoms with Crippen molar-refractivity contribution < 1.29 is 4.79 Å². The van der Waals surface area contributed by atoms with Gasteiger partial charge in [0.05, 0.1) is 11.8 Å². The topological polar surface area (TPSA) is 63.9 Å². The second-order valence-electron chi connectivity index (χ2n) is 6.66. The van der Waals surface area contributed by atoms with E-state index < -0.39 is 0 Å². The molecule has 1 fully saturated rings. The lowest BCUT2D eigenvalue weighted by Crippen LogP contribution is -2.28. The summed E-state index contributed by atoms with van der Waals surface area (Å²) in [7, 11) is 1.85. The molecule has 1 heterocycles. The van der Waals surface area contributed by atoms with Crippen molar-refractivity contribution in [2.75, 3.05) is 12.8 Å². The van der Waals surface area contributed by atoms with Crippen LogP contribution in [0.15, 0.2) is 29.4 Å². The number of aryl methyl sites for hydroxylation is 1. The van der Waals surface area contributed by atoms with Gasteiger partial charge in [0.25, 0.3) is 0 Å².